The summed E-state index contributed by atoms with van der Waals surface area (Å²) in [6.07, 6.45) is 2.01. The van der Waals surface area contributed by atoms with E-state index in [4.69, 9.17) is 5.73 Å². The van der Waals surface area contributed by atoms with Crippen LogP contribution in [0.2, 0.25) is 0 Å². The Balaban J connectivity index is 2.02. The molecule has 0 saturated heterocycles. The van der Waals surface area contributed by atoms with E-state index < -0.39 is 5.54 Å². The summed E-state index contributed by atoms with van der Waals surface area (Å²) < 4.78 is 15.6. The lowest BCUT2D eigenvalue weighted by atomic mass is 9.96. The Bertz CT molecular complexity index is 678. The van der Waals surface area contributed by atoms with Gasteiger partial charge in [0.25, 0.3) is 0 Å². The van der Waals surface area contributed by atoms with Crippen molar-refractivity contribution >= 4 is 16.9 Å². The van der Waals surface area contributed by atoms with Gasteiger partial charge in [0, 0.05) is 20.0 Å². The van der Waals surface area contributed by atoms with Crippen LogP contribution in [-0.2, 0) is 18.3 Å². The van der Waals surface area contributed by atoms with Crippen LogP contribution in [0.25, 0.3) is 11.0 Å². The lowest BCUT2D eigenvalue weighted by Crippen LogP contribution is -2.51. The Morgan fingerprint density at radius 3 is 2.86 bits per heavy atom. The molecule has 0 saturated carbocycles. The number of hydrogen-bond donors (Lipinski definition) is 2. The van der Waals surface area contributed by atoms with E-state index in [2.05, 4.69) is 10.3 Å². The number of benzene rings is 1. The van der Waals surface area contributed by atoms with Gasteiger partial charge in [0.2, 0.25) is 5.91 Å². The number of aryl methyl sites for hydroxylation is 1. The number of aromatic nitrogens is 2. The molecule has 0 fully saturated rings. The third kappa shape index (κ3) is 3.27. The van der Waals surface area contributed by atoms with Crippen LogP contribution in [0.15, 0.2) is 18.2 Å². The molecule has 5 nitrogen and oxygen atoms in total. The van der Waals surface area contributed by atoms with E-state index in [1.807, 2.05) is 24.6 Å². The van der Waals surface area contributed by atoms with E-state index in [1.165, 1.54) is 6.07 Å². The Morgan fingerprint density at radius 1 is 1.50 bits per heavy atom. The largest absolute Gasteiger partial charge is 0.354 e. The van der Waals surface area contributed by atoms with Crippen molar-refractivity contribution in [2.45, 2.75) is 38.6 Å². The summed E-state index contributed by atoms with van der Waals surface area (Å²) in [4.78, 5) is 16.3. The Labute approximate surface area is 129 Å². The second-order valence-electron chi connectivity index (χ2n) is 5.87. The normalized spacial score (nSPS) is 14.0. The van der Waals surface area contributed by atoms with E-state index in [1.54, 1.807) is 13.0 Å². The van der Waals surface area contributed by atoms with Crippen molar-refractivity contribution in [2.24, 2.45) is 12.8 Å². The Morgan fingerprint density at radius 2 is 2.23 bits per heavy atom. The van der Waals surface area contributed by atoms with Gasteiger partial charge >= 0.3 is 0 Å². The second-order valence-corrected chi connectivity index (χ2v) is 5.87. The minimum atomic E-state index is -0.854. The van der Waals surface area contributed by atoms with E-state index in [9.17, 15) is 9.18 Å². The molecular formula is C16H23FN4O. The van der Waals surface area contributed by atoms with Crippen LogP contribution in [0.3, 0.4) is 0 Å². The molecule has 0 aliphatic carbocycles. The molecule has 1 atom stereocenters. The number of imidazole rings is 1. The summed E-state index contributed by atoms with van der Waals surface area (Å²) in [5.74, 6) is 0.231. The Hall–Kier alpha value is -1.95. The molecule has 0 radical (unpaired) electrons. The molecule has 0 aliphatic heterocycles. The predicted molar refractivity (Wildman–Crippen MR) is 84.9 cm³/mol. The van der Waals surface area contributed by atoms with Crippen molar-refractivity contribution in [3.8, 4) is 0 Å². The topological polar surface area (TPSA) is 72.9 Å². The summed E-state index contributed by atoms with van der Waals surface area (Å²) in [5.41, 5.74) is 6.23. The number of hydrogen-bond acceptors (Lipinski definition) is 3. The van der Waals surface area contributed by atoms with Crippen LogP contribution in [0.4, 0.5) is 4.39 Å². The zero-order valence-corrected chi connectivity index (χ0v) is 13.3. The summed E-state index contributed by atoms with van der Waals surface area (Å²) in [5, 5.41) is 2.83. The highest BCUT2D eigenvalue weighted by Gasteiger charge is 2.26. The second kappa shape index (κ2) is 6.44. The van der Waals surface area contributed by atoms with E-state index in [0.29, 0.717) is 24.9 Å². The van der Waals surface area contributed by atoms with Gasteiger partial charge < -0.3 is 15.6 Å². The van der Waals surface area contributed by atoms with Crippen LogP contribution in [0, 0.1) is 5.82 Å². The quantitative estimate of drug-likeness (QED) is 0.856. The van der Waals surface area contributed by atoms with Gasteiger partial charge in [-0.3, -0.25) is 4.79 Å². The molecule has 0 aliphatic rings. The molecule has 0 unspecified atom stereocenters. The van der Waals surface area contributed by atoms with Crippen molar-refractivity contribution in [1.29, 1.82) is 0 Å². The number of fused-ring (bicyclic) bond motifs is 1. The number of para-hydroxylation sites is 1. The zero-order chi connectivity index (χ0) is 16.3. The number of rotatable bonds is 6. The Kier molecular flexibility index (Phi) is 4.81. The van der Waals surface area contributed by atoms with Crippen LogP contribution in [-0.4, -0.2) is 27.5 Å². The first-order chi connectivity index (χ1) is 10.4. The third-order valence-corrected chi connectivity index (χ3v) is 3.88. The molecule has 1 aromatic heterocycles. The molecule has 6 heteroatoms. The number of carbonyl (C=O) groups excluding carboxylic acids is 1. The lowest BCUT2D eigenvalue weighted by molar-refractivity contribution is -0.126. The fourth-order valence-electron chi connectivity index (χ4n) is 2.57. The smallest absolute Gasteiger partial charge is 0.239 e. The van der Waals surface area contributed by atoms with Crippen molar-refractivity contribution in [2.75, 3.05) is 6.54 Å². The van der Waals surface area contributed by atoms with Gasteiger partial charge in [0.15, 0.2) is 5.82 Å². The molecule has 3 N–H and O–H groups in total. The fourth-order valence-corrected chi connectivity index (χ4v) is 2.57. The standard InChI is InChI=1S/C16H23FN4O/c1-4-9-16(2,18)15(22)19-10-8-13-20-14-11(17)6-5-7-12(14)21(13)3/h5-7H,4,8-10,18H2,1-3H3,(H,19,22)/t16-/m0/s1. The first kappa shape index (κ1) is 16.4. The van der Waals surface area contributed by atoms with Crippen molar-refractivity contribution in [3.63, 3.8) is 0 Å². The predicted octanol–water partition coefficient (Wildman–Crippen LogP) is 1.89. The van der Waals surface area contributed by atoms with E-state index in [0.717, 1.165) is 17.8 Å². The number of nitrogens with two attached hydrogens (primary N) is 1. The molecule has 1 aromatic carbocycles. The SMILES string of the molecule is CCC[C@](C)(N)C(=O)NCCc1nc2c(F)cccc2n1C. The summed E-state index contributed by atoms with van der Waals surface area (Å²) in [6.45, 7) is 4.15. The number of nitrogens with zero attached hydrogens (tertiary/aromatic N) is 2. The molecular weight excluding hydrogens is 283 g/mol. The van der Waals surface area contributed by atoms with Crippen LogP contribution in [0.5, 0.6) is 0 Å². The maximum absolute atomic E-state index is 13.7. The fraction of sp³-hybridized carbons (Fsp3) is 0.500. The summed E-state index contributed by atoms with van der Waals surface area (Å²) >= 11 is 0. The van der Waals surface area contributed by atoms with Crippen LogP contribution in [0.1, 0.15) is 32.5 Å². The van der Waals surface area contributed by atoms with E-state index in [-0.39, 0.29) is 11.7 Å². The lowest BCUT2D eigenvalue weighted by Gasteiger charge is -2.22. The van der Waals surface area contributed by atoms with Gasteiger partial charge in [-0.15, -0.1) is 0 Å². The molecule has 0 spiro atoms. The first-order valence-corrected chi connectivity index (χ1v) is 7.54. The van der Waals surface area contributed by atoms with Crippen LogP contribution < -0.4 is 11.1 Å². The third-order valence-electron chi connectivity index (χ3n) is 3.88. The van der Waals surface area contributed by atoms with Crippen molar-refractivity contribution in [1.82, 2.24) is 14.9 Å². The number of amides is 1. The van der Waals surface area contributed by atoms with Gasteiger partial charge in [0.1, 0.15) is 11.3 Å². The molecule has 1 heterocycles. The zero-order valence-electron chi connectivity index (χ0n) is 13.3. The van der Waals surface area contributed by atoms with Gasteiger partial charge in [0.05, 0.1) is 11.1 Å². The monoisotopic (exact) mass is 306 g/mol. The minimum Gasteiger partial charge on any atom is -0.354 e. The highest BCUT2D eigenvalue weighted by molar-refractivity contribution is 5.85. The average molecular weight is 306 g/mol. The van der Waals surface area contributed by atoms with Gasteiger partial charge in [-0.25, -0.2) is 9.37 Å². The molecule has 22 heavy (non-hydrogen) atoms. The first-order valence-electron chi connectivity index (χ1n) is 7.54. The van der Waals surface area contributed by atoms with Crippen LogP contribution >= 0.6 is 0 Å². The number of nitrogens with one attached hydrogen (secondary N) is 1. The van der Waals surface area contributed by atoms with Gasteiger partial charge in [-0.05, 0) is 25.5 Å². The molecule has 0 bridgehead atoms. The molecule has 120 valence electrons. The van der Waals surface area contributed by atoms with Gasteiger partial charge in [-0.1, -0.05) is 19.4 Å². The number of halogens is 1. The minimum absolute atomic E-state index is 0.167. The maximum atomic E-state index is 13.7. The van der Waals surface area contributed by atoms with Crippen molar-refractivity contribution in [3.05, 3.63) is 29.8 Å². The highest BCUT2D eigenvalue weighted by Crippen LogP contribution is 2.18. The van der Waals surface area contributed by atoms with Gasteiger partial charge in [-0.2, -0.15) is 0 Å². The number of carbonyl (C=O) groups is 1. The molecule has 2 aromatic rings. The molecule has 2 rings (SSSR count). The van der Waals surface area contributed by atoms with Crippen molar-refractivity contribution < 1.29 is 9.18 Å². The van der Waals surface area contributed by atoms with E-state index >= 15 is 0 Å². The average Bonchev–Trinajstić information content (AvgIpc) is 2.77. The highest BCUT2D eigenvalue weighted by atomic mass is 19.1. The molecule has 1 amide bonds. The summed E-state index contributed by atoms with van der Waals surface area (Å²) in [6, 6.07) is 4.88. The summed E-state index contributed by atoms with van der Waals surface area (Å²) in [7, 11) is 1.84. The maximum Gasteiger partial charge on any atom is 0.239 e.